The largest absolute Gasteiger partial charge is 0.497 e. The number of carbonyl (C=O) groups is 1. The quantitative estimate of drug-likeness (QED) is 0.686. The van der Waals surface area contributed by atoms with Gasteiger partial charge in [0.25, 0.3) is 0 Å². The Labute approximate surface area is 155 Å². The zero-order valence-corrected chi connectivity index (χ0v) is 15.4. The fourth-order valence-corrected chi connectivity index (χ4v) is 2.59. The highest BCUT2D eigenvalue weighted by molar-refractivity contribution is 5.76. The van der Waals surface area contributed by atoms with Gasteiger partial charge in [-0.2, -0.15) is 0 Å². The average Bonchev–Trinajstić information content (AvgIpc) is 2.67. The van der Waals surface area contributed by atoms with Gasteiger partial charge in [-0.05, 0) is 36.6 Å². The summed E-state index contributed by atoms with van der Waals surface area (Å²) < 4.78 is 10.8. The monoisotopic (exact) mass is 357 g/mol. The van der Waals surface area contributed by atoms with E-state index < -0.39 is 0 Å². The molecule has 2 aromatic rings. The van der Waals surface area contributed by atoms with E-state index in [0.717, 1.165) is 22.4 Å². The first-order valence-corrected chi connectivity index (χ1v) is 8.81. The first-order chi connectivity index (χ1) is 12.6. The van der Waals surface area contributed by atoms with Crippen LogP contribution in [0, 0.1) is 6.92 Å². The zero-order valence-electron chi connectivity index (χ0n) is 15.4. The Morgan fingerprint density at radius 2 is 1.81 bits per heavy atom. The summed E-state index contributed by atoms with van der Waals surface area (Å²) in [5.74, 6) is 0.783. The molecule has 0 aliphatic heterocycles. The molecule has 0 bridgehead atoms. The van der Waals surface area contributed by atoms with Crippen molar-refractivity contribution in [2.24, 2.45) is 0 Å². The number of rotatable bonds is 10. The molecule has 0 heterocycles. The molecule has 5 nitrogen and oxygen atoms in total. The van der Waals surface area contributed by atoms with Crippen LogP contribution in [0.1, 0.15) is 29.2 Å². The van der Waals surface area contributed by atoms with E-state index in [2.05, 4.69) is 5.32 Å². The summed E-state index contributed by atoms with van der Waals surface area (Å²) in [7, 11) is 1.63. The van der Waals surface area contributed by atoms with E-state index in [4.69, 9.17) is 14.6 Å². The fraction of sp³-hybridized carbons (Fsp3) is 0.381. The molecule has 0 aromatic heterocycles. The van der Waals surface area contributed by atoms with Gasteiger partial charge in [-0.3, -0.25) is 4.79 Å². The summed E-state index contributed by atoms with van der Waals surface area (Å²) >= 11 is 0. The van der Waals surface area contributed by atoms with E-state index >= 15 is 0 Å². The molecule has 2 N–H and O–H groups in total. The van der Waals surface area contributed by atoms with Crippen LogP contribution in [0.5, 0.6) is 5.75 Å². The summed E-state index contributed by atoms with van der Waals surface area (Å²) in [5.41, 5.74) is 3.24. The van der Waals surface area contributed by atoms with Gasteiger partial charge >= 0.3 is 0 Å². The maximum atomic E-state index is 12.2. The maximum Gasteiger partial charge on any atom is 0.220 e. The number of ether oxygens (including phenoxy) is 2. The molecule has 1 atom stereocenters. The summed E-state index contributed by atoms with van der Waals surface area (Å²) in [6.07, 6.45) is 0.808. The third-order valence-electron chi connectivity index (χ3n) is 4.14. The highest BCUT2D eigenvalue weighted by Gasteiger charge is 2.13. The number of methoxy groups -OCH3 is 1. The van der Waals surface area contributed by atoms with Gasteiger partial charge in [0.05, 0.1) is 26.4 Å². The maximum absolute atomic E-state index is 12.2. The first-order valence-electron chi connectivity index (χ1n) is 8.81. The molecule has 0 spiro atoms. The van der Waals surface area contributed by atoms with Crippen molar-refractivity contribution in [3.63, 3.8) is 0 Å². The summed E-state index contributed by atoms with van der Waals surface area (Å²) in [5, 5.41) is 11.9. The third kappa shape index (κ3) is 6.50. The topological polar surface area (TPSA) is 67.8 Å². The van der Waals surface area contributed by atoms with Crippen LogP contribution in [-0.4, -0.2) is 37.9 Å². The number of hydrogen-bond acceptors (Lipinski definition) is 4. The number of nitrogens with one attached hydrogen (secondary N) is 1. The van der Waals surface area contributed by atoms with Crippen LogP contribution in [0.2, 0.25) is 0 Å². The SMILES string of the molecule is COc1ccc(CCC(=O)NCC(OCCO)c2ccc(C)cc2)cc1. The molecule has 0 aliphatic rings. The molecule has 0 fully saturated rings. The van der Waals surface area contributed by atoms with Crippen LogP contribution in [0.15, 0.2) is 48.5 Å². The predicted molar refractivity (Wildman–Crippen MR) is 101 cm³/mol. The van der Waals surface area contributed by atoms with Crippen LogP contribution in [-0.2, 0) is 16.0 Å². The van der Waals surface area contributed by atoms with Crippen molar-refractivity contribution >= 4 is 5.91 Å². The summed E-state index contributed by atoms with van der Waals surface area (Å²) in [6.45, 7) is 2.59. The standard InChI is InChI=1S/C21H27NO4/c1-16-3-8-18(9-4-16)20(26-14-13-23)15-22-21(24)12-7-17-5-10-19(25-2)11-6-17/h3-6,8-11,20,23H,7,12-15H2,1-2H3,(H,22,24). The highest BCUT2D eigenvalue weighted by Crippen LogP contribution is 2.17. The number of amides is 1. The second kappa shape index (κ2) is 10.6. The van der Waals surface area contributed by atoms with E-state index in [1.807, 2.05) is 55.5 Å². The van der Waals surface area contributed by atoms with E-state index in [0.29, 0.717) is 19.4 Å². The van der Waals surface area contributed by atoms with Gasteiger partial charge in [-0.25, -0.2) is 0 Å². The zero-order chi connectivity index (χ0) is 18.8. The van der Waals surface area contributed by atoms with Crippen molar-refractivity contribution in [1.29, 1.82) is 0 Å². The number of carbonyl (C=O) groups excluding carboxylic acids is 1. The molecular weight excluding hydrogens is 330 g/mol. The van der Waals surface area contributed by atoms with Crippen molar-refractivity contribution in [2.45, 2.75) is 25.9 Å². The molecule has 1 unspecified atom stereocenters. The minimum atomic E-state index is -0.271. The number of hydrogen-bond donors (Lipinski definition) is 2. The number of benzene rings is 2. The van der Waals surface area contributed by atoms with Crippen molar-refractivity contribution in [3.05, 3.63) is 65.2 Å². The van der Waals surface area contributed by atoms with Crippen LogP contribution in [0.3, 0.4) is 0 Å². The van der Waals surface area contributed by atoms with Gasteiger partial charge in [-0.1, -0.05) is 42.0 Å². The molecule has 0 saturated carbocycles. The predicted octanol–water partition coefficient (Wildman–Crippen LogP) is 2.80. The Balaban J connectivity index is 1.84. The molecule has 1 amide bonds. The highest BCUT2D eigenvalue weighted by atomic mass is 16.5. The Morgan fingerprint density at radius 3 is 2.42 bits per heavy atom. The van der Waals surface area contributed by atoms with E-state index in [-0.39, 0.29) is 25.2 Å². The van der Waals surface area contributed by atoms with Crippen LogP contribution in [0.25, 0.3) is 0 Å². The normalized spacial score (nSPS) is 11.8. The smallest absolute Gasteiger partial charge is 0.220 e. The lowest BCUT2D eigenvalue weighted by molar-refractivity contribution is -0.121. The second-order valence-corrected chi connectivity index (χ2v) is 6.15. The van der Waals surface area contributed by atoms with Gasteiger partial charge in [0.2, 0.25) is 5.91 Å². The van der Waals surface area contributed by atoms with Crippen molar-refractivity contribution in [3.8, 4) is 5.75 Å². The summed E-state index contributed by atoms with van der Waals surface area (Å²) in [6, 6.07) is 15.7. The average molecular weight is 357 g/mol. The molecule has 0 radical (unpaired) electrons. The molecule has 2 rings (SSSR count). The lowest BCUT2D eigenvalue weighted by atomic mass is 10.1. The van der Waals surface area contributed by atoms with E-state index in [1.54, 1.807) is 7.11 Å². The van der Waals surface area contributed by atoms with Gasteiger partial charge in [0.15, 0.2) is 0 Å². The van der Waals surface area contributed by atoms with Gasteiger partial charge in [0, 0.05) is 13.0 Å². The minimum Gasteiger partial charge on any atom is -0.497 e. The first kappa shape index (κ1) is 19.9. The number of aryl methyl sites for hydroxylation is 2. The lowest BCUT2D eigenvalue weighted by Gasteiger charge is -2.19. The fourth-order valence-electron chi connectivity index (χ4n) is 2.59. The van der Waals surface area contributed by atoms with Crippen molar-refractivity contribution < 1.29 is 19.4 Å². The van der Waals surface area contributed by atoms with E-state index in [1.165, 1.54) is 0 Å². The molecule has 5 heteroatoms. The molecule has 0 saturated heterocycles. The Bertz CT molecular complexity index is 667. The second-order valence-electron chi connectivity index (χ2n) is 6.15. The summed E-state index contributed by atoms with van der Waals surface area (Å²) in [4.78, 5) is 12.2. The van der Waals surface area contributed by atoms with Crippen LogP contribution < -0.4 is 10.1 Å². The Kier molecular flexibility index (Phi) is 8.12. The number of aliphatic hydroxyl groups is 1. The van der Waals surface area contributed by atoms with Gasteiger partial charge < -0.3 is 19.9 Å². The minimum absolute atomic E-state index is 0.0227. The third-order valence-corrected chi connectivity index (χ3v) is 4.14. The van der Waals surface area contributed by atoms with Gasteiger partial charge in [-0.15, -0.1) is 0 Å². The number of aliphatic hydroxyl groups excluding tert-OH is 1. The Morgan fingerprint density at radius 1 is 1.12 bits per heavy atom. The van der Waals surface area contributed by atoms with Crippen LogP contribution >= 0.6 is 0 Å². The molecular formula is C21H27NO4. The lowest BCUT2D eigenvalue weighted by Crippen LogP contribution is -2.30. The van der Waals surface area contributed by atoms with Crippen LogP contribution in [0.4, 0.5) is 0 Å². The van der Waals surface area contributed by atoms with Crippen molar-refractivity contribution in [2.75, 3.05) is 26.9 Å². The van der Waals surface area contributed by atoms with E-state index in [9.17, 15) is 4.79 Å². The van der Waals surface area contributed by atoms with Crippen molar-refractivity contribution in [1.82, 2.24) is 5.32 Å². The molecule has 140 valence electrons. The van der Waals surface area contributed by atoms with Gasteiger partial charge in [0.1, 0.15) is 5.75 Å². The molecule has 0 aliphatic carbocycles. The molecule has 2 aromatic carbocycles. The molecule has 26 heavy (non-hydrogen) atoms. The Hall–Kier alpha value is -2.37.